The summed E-state index contributed by atoms with van der Waals surface area (Å²) < 4.78 is 1.02. The van der Waals surface area contributed by atoms with Gasteiger partial charge in [0.1, 0.15) is 11.6 Å². The van der Waals surface area contributed by atoms with Crippen LogP contribution >= 0.6 is 23.2 Å². The number of amides is 1. The Labute approximate surface area is 127 Å². The maximum atomic E-state index is 12.0. The molecule has 2 atom stereocenters. The Bertz CT molecular complexity index is 559. The van der Waals surface area contributed by atoms with Crippen LogP contribution in [-0.2, 0) is 11.3 Å². The van der Waals surface area contributed by atoms with Gasteiger partial charge in [-0.15, -0.1) is 0 Å². The van der Waals surface area contributed by atoms with E-state index in [4.69, 9.17) is 23.2 Å². The SMILES string of the molecule is C[C@@H]1CCCC[C@@H]1NC(=O)Cn1ncc(Cl)c(Cl)c1=O. The highest BCUT2D eigenvalue weighted by Crippen LogP contribution is 2.23. The van der Waals surface area contributed by atoms with E-state index in [1.807, 2.05) is 0 Å². The molecule has 2 rings (SSSR count). The number of aromatic nitrogens is 2. The molecule has 0 unspecified atom stereocenters. The van der Waals surface area contributed by atoms with Gasteiger partial charge in [0.2, 0.25) is 5.91 Å². The predicted octanol–water partition coefficient (Wildman–Crippen LogP) is 2.25. The zero-order valence-corrected chi connectivity index (χ0v) is 12.7. The lowest BCUT2D eigenvalue weighted by atomic mass is 9.86. The van der Waals surface area contributed by atoms with Crippen LogP contribution in [0.3, 0.4) is 0 Å². The van der Waals surface area contributed by atoms with Gasteiger partial charge in [0.25, 0.3) is 5.56 Å². The third-order valence-electron chi connectivity index (χ3n) is 3.69. The highest BCUT2D eigenvalue weighted by atomic mass is 35.5. The molecule has 0 radical (unpaired) electrons. The van der Waals surface area contributed by atoms with Gasteiger partial charge in [0.15, 0.2) is 0 Å². The fourth-order valence-corrected chi connectivity index (χ4v) is 2.75. The largest absolute Gasteiger partial charge is 0.351 e. The van der Waals surface area contributed by atoms with Crippen LogP contribution in [0.2, 0.25) is 10.0 Å². The number of nitrogens with zero attached hydrogens (tertiary/aromatic N) is 2. The van der Waals surface area contributed by atoms with Crippen LogP contribution in [0.1, 0.15) is 32.6 Å². The van der Waals surface area contributed by atoms with E-state index in [-0.39, 0.29) is 28.5 Å². The molecule has 0 saturated heterocycles. The molecule has 1 saturated carbocycles. The van der Waals surface area contributed by atoms with E-state index in [0.717, 1.165) is 23.9 Å². The molecular weight excluding hydrogens is 301 g/mol. The molecule has 0 bridgehead atoms. The van der Waals surface area contributed by atoms with Crippen molar-refractivity contribution in [3.05, 3.63) is 26.6 Å². The molecule has 5 nitrogen and oxygen atoms in total. The van der Waals surface area contributed by atoms with E-state index < -0.39 is 5.56 Å². The van der Waals surface area contributed by atoms with Gasteiger partial charge in [0, 0.05) is 6.04 Å². The van der Waals surface area contributed by atoms with Crippen LogP contribution < -0.4 is 10.9 Å². The van der Waals surface area contributed by atoms with Crippen molar-refractivity contribution in [1.82, 2.24) is 15.1 Å². The van der Waals surface area contributed by atoms with Crippen LogP contribution in [0.15, 0.2) is 11.0 Å². The van der Waals surface area contributed by atoms with Gasteiger partial charge in [-0.2, -0.15) is 5.10 Å². The Morgan fingerprint density at radius 2 is 2.15 bits per heavy atom. The first-order valence-electron chi connectivity index (χ1n) is 6.69. The van der Waals surface area contributed by atoms with Crippen molar-refractivity contribution >= 4 is 29.1 Å². The van der Waals surface area contributed by atoms with Gasteiger partial charge in [-0.3, -0.25) is 9.59 Å². The first kappa shape index (κ1) is 15.3. The van der Waals surface area contributed by atoms with Crippen molar-refractivity contribution in [3.8, 4) is 0 Å². The number of halogens is 2. The maximum absolute atomic E-state index is 12.0. The lowest BCUT2D eigenvalue weighted by Crippen LogP contribution is -2.43. The summed E-state index contributed by atoms with van der Waals surface area (Å²) >= 11 is 11.4. The van der Waals surface area contributed by atoms with Crippen molar-refractivity contribution in [2.75, 3.05) is 0 Å². The van der Waals surface area contributed by atoms with Crippen molar-refractivity contribution in [1.29, 1.82) is 0 Å². The summed E-state index contributed by atoms with van der Waals surface area (Å²) in [6.07, 6.45) is 5.70. The standard InChI is InChI=1S/C13H17Cl2N3O2/c1-8-4-2-3-5-10(8)17-11(19)7-18-13(20)12(15)9(14)6-16-18/h6,8,10H,2-5,7H2,1H3,(H,17,19)/t8-,10+/m1/s1. The lowest BCUT2D eigenvalue weighted by molar-refractivity contribution is -0.123. The molecule has 1 amide bonds. The van der Waals surface area contributed by atoms with Crippen LogP contribution in [0.25, 0.3) is 0 Å². The molecule has 110 valence electrons. The highest BCUT2D eigenvalue weighted by Gasteiger charge is 2.23. The molecule has 0 spiro atoms. The molecule has 1 fully saturated rings. The van der Waals surface area contributed by atoms with Crippen LogP contribution in [0, 0.1) is 5.92 Å². The van der Waals surface area contributed by atoms with Crippen molar-refractivity contribution in [2.24, 2.45) is 5.92 Å². The van der Waals surface area contributed by atoms with Gasteiger partial charge in [-0.25, -0.2) is 4.68 Å². The van der Waals surface area contributed by atoms with E-state index in [9.17, 15) is 9.59 Å². The summed E-state index contributed by atoms with van der Waals surface area (Å²) in [4.78, 5) is 23.8. The second-order valence-electron chi connectivity index (χ2n) is 5.21. The van der Waals surface area contributed by atoms with E-state index in [1.165, 1.54) is 12.6 Å². The topological polar surface area (TPSA) is 64.0 Å². The number of rotatable bonds is 3. The van der Waals surface area contributed by atoms with Crippen molar-refractivity contribution < 1.29 is 4.79 Å². The maximum Gasteiger partial charge on any atom is 0.287 e. The summed E-state index contributed by atoms with van der Waals surface area (Å²) in [6, 6.07) is 0.176. The second kappa shape index (κ2) is 6.59. The zero-order chi connectivity index (χ0) is 14.7. The van der Waals surface area contributed by atoms with Gasteiger partial charge in [-0.05, 0) is 18.8 Å². The number of carbonyl (C=O) groups is 1. The third-order valence-corrected chi connectivity index (χ3v) is 4.44. The average molecular weight is 318 g/mol. The average Bonchev–Trinajstić information content (AvgIpc) is 2.42. The molecule has 7 heteroatoms. The summed E-state index contributed by atoms with van der Waals surface area (Å²) in [5.41, 5.74) is -0.550. The summed E-state index contributed by atoms with van der Waals surface area (Å²) in [5.74, 6) is 0.239. The second-order valence-corrected chi connectivity index (χ2v) is 5.99. The molecular formula is C13H17Cl2N3O2. The molecule has 1 aliphatic rings. The summed E-state index contributed by atoms with van der Waals surface area (Å²) in [5, 5.41) is 6.76. The normalized spacial score (nSPS) is 22.6. The van der Waals surface area contributed by atoms with Gasteiger partial charge in [0.05, 0.1) is 11.2 Å². The van der Waals surface area contributed by atoms with Crippen molar-refractivity contribution in [2.45, 2.75) is 45.2 Å². The zero-order valence-electron chi connectivity index (χ0n) is 11.2. The van der Waals surface area contributed by atoms with E-state index >= 15 is 0 Å². The Morgan fingerprint density at radius 1 is 1.45 bits per heavy atom. The number of nitrogens with one attached hydrogen (secondary N) is 1. The Morgan fingerprint density at radius 3 is 2.85 bits per heavy atom. The molecule has 1 N–H and O–H groups in total. The van der Waals surface area contributed by atoms with Crippen LogP contribution in [0.4, 0.5) is 0 Å². The highest BCUT2D eigenvalue weighted by molar-refractivity contribution is 6.41. The summed E-state index contributed by atoms with van der Waals surface area (Å²) in [7, 11) is 0. The van der Waals surface area contributed by atoms with Gasteiger partial charge in [-0.1, -0.05) is 43.0 Å². The van der Waals surface area contributed by atoms with Gasteiger partial charge >= 0.3 is 0 Å². The summed E-state index contributed by atoms with van der Waals surface area (Å²) in [6.45, 7) is 1.99. The number of hydrogen-bond acceptors (Lipinski definition) is 3. The first-order valence-corrected chi connectivity index (χ1v) is 7.45. The molecule has 1 heterocycles. The van der Waals surface area contributed by atoms with Crippen molar-refractivity contribution in [3.63, 3.8) is 0 Å². The monoisotopic (exact) mass is 317 g/mol. The number of hydrogen-bond donors (Lipinski definition) is 1. The Balaban J connectivity index is 2.01. The van der Waals surface area contributed by atoms with E-state index in [0.29, 0.717) is 5.92 Å². The molecule has 1 aromatic heterocycles. The third kappa shape index (κ3) is 3.52. The fourth-order valence-electron chi connectivity index (χ4n) is 2.48. The van der Waals surface area contributed by atoms with E-state index in [1.54, 1.807) is 0 Å². The minimum absolute atomic E-state index is 0.0919. The van der Waals surface area contributed by atoms with E-state index in [2.05, 4.69) is 17.3 Å². The fraction of sp³-hybridized carbons (Fsp3) is 0.615. The predicted molar refractivity (Wildman–Crippen MR) is 78.1 cm³/mol. The molecule has 1 aliphatic carbocycles. The minimum Gasteiger partial charge on any atom is -0.351 e. The lowest BCUT2D eigenvalue weighted by Gasteiger charge is -2.29. The quantitative estimate of drug-likeness (QED) is 0.929. The molecule has 0 aromatic carbocycles. The van der Waals surface area contributed by atoms with Crippen LogP contribution in [-0.4, -0.2) is 21.7 Å². The minimum atomic E-state index is -0.550. The molecule has 0 aliphatic heterocycles. The van der Waals surface area contributed by atoms with Gasteiger partial charge < -0.3 is 5.32 Å². The smallest absolute Gasteiger partial charge is 0.287 e. The molecule has 20 heavy (non-hydrogen) atoms. The van der Waals surface area contributed by atoms with Crippen LogP contribution in [0.5, 0.6) is 0 Å². The number of carbonyl (C=O) groups excluding carboxylic acids is 1. The Hall–Kier alpha value is -1.07. The Kier molecular flexibility index (Phi) is 5.05. The molecule has 1 aromatic rings. The first-order chi connectivity index (χ1) is 9.49.